The van der Waals surface area contributed by atoms with Crippen LogP contribution in [-0.4, -0.2) is 37.2 Å². The molecule has 3 heterocycles. The number of piperidine rings is 1. The smallest absolute Gasteiger partial charge is 0.128 e. The molecule has 0 saturated carbocycles. The van der Waals surface area contributed by atoms with Crippen LogP contribution < -0.4 is 4.74 Å². The van der Waals surface area contributed by atoms with Crippen molar-refractivity contribution in [3.05, 3.63) is 41.3 Å². The van der Waals surface area contributed by atoms with E-state index in [1.807, 2.05) is 6.26 Å². The Bertz CT molecular complexity index is 823. The fourth-order valence-electron chi connectivity index (χ4n) is 5.20. The molecule has 4 heteroatoms. The summed E-state index contributed by atoms with van der Waals surface area (Å²) in [5.41, 5.74) is 5.44. The van der Waals surface area contributed by atoms with Gasteiger partial charge in [-0.1, -0.05) is 19.4 Å². The van der Waals surface area contributed by atoms with Crippen molar-refractivity contribution in [2.45, 2.75) is 39.2 Å². The Morgan fingerprint density at radius 3 is 2.92 bits per heavy atom. The maximum atomic E-state index is 5.65. The van der Waals surface area contributed by atoms with Crippen LogP contribution in [0.2, 0.25) is 0 Å². The van der Waals surface area contributed by atoms with E-state index in [-0.39, 0.29) is 0 Å². The minimum Gasteiger partial charge on any atom is -0.504 e. The van der Waals surface area contributed by atoms with E-state index in [4.69, 9.17) is 9.47 Å². The van der Waals surface area contributed by atoms with Gasteiger partial charge >= 0.3 is 0 Å². The topological polar surface area (TPSA) is 37.5 Å². The molecule has 1 fully saturated rings. The van der Waals surface area contributed by atoms with Gasteiger partial charge in [0, 0.05) is 29.7 Å². The Balaban J connectivity index is 1.75. The first-order chi connectivity index (χ1) is 12.7. The number of rotatable bonds is 4. The average Bonchev–Trinajstić information content (AvgIpc) is 3.06. The number of allylic oxidation sites excluding steroid dienone is 1. The number of hydrogen-bond acceptors (Lipinski definition) is 3. The standard InChI is InChI=1S/C22H30N2O2/c1-5-15-12-24-10-9-16-21-18(7-6-8-20(21)26-4)23-22(16)19(24)11-17(15)14(2)13-25-3/h6-8,13,15,17,19,23H,5,9-12H2,1-4H3/b14-13+. The summed E-state index contributed by atoms with van der Waals surface area (Å²) < 4.78 is 11.0. The maximum absolute atomic E-state index is 5.65. The lowest BCUT2D eigenvalue weighted by Gasteiger charge is -2.46. The second-order valence-corrected chi connectivity index (χ2v) is 7.77. The summed E-state index contributed by atoms with van der Waals surface area (Å²) in [6, 6.07) is 6.78. The second kappa shape index (κ2) is 6.99. The Labute approximate surface area is 156 Å². The van der Waals surface area contributed by atoms with Crippen molar-refractivity contribution in [2.24, 2.45) is 11.8 Å². The molecule has 0 spiro atoms. The number of hydrogen-bond donors (Lipinski definition) is 1. The van der Waals surface area contributed by atoms with E-state index >= 15 is 0 Å². The molecule has 0 radical (unpaired) electrons. The lowest BCUT2D eigenvalue weighted by Crippen LogP contribution is -2.46. The van der Waals surface area contributed by atoms with Gasteiger partial charge in [0.05, 0.1) is 26.5 Å². The minimum atomic E-state index is 0.462. The number of fused-ring (bicyclic) bond motifs is 5. The Morgan fingerprint density at radius 1 is 1.35 bits per heavy atom. The monoisotopic (exact) mass is 354 g/mol. The third kappa shape index (κ3) is 2.71. The van der Waals surface area contributed by atoms with Gasteiger partial charge in [-0.05, 0) is 54.9 Å². The van der Waals surface area contributed by atoms with Crippen molar-refractivity contribution in [1.29, 1.82) is 0 Å². The first-order valence-electron chi connectivity index (χ1n) is 9.78. The molecule has 1 aromatic carbocycles. The molecule has 4 rings (SSSR count). The molecule has 1 saturated heterocycles. The van der Waals surface area contributed by atoms with Gasteiger partial charge in [0.2, 0.25) is 0 Å². The fourth-order valence-corrected chi connectivity index (χ4v) is 5.20. The molecule has 2 aliphatic heterocycles. The SMILES string of the molecule is CCC1CN2CCc3c([nH]c4cccc(OC)c34)C2CC1/C(C)=C/OC. The molecule has 26 heavy (non-hydrogen) atoms. The van der Waals surface area contributed by atoms with Crippen LogP contribution in [0, 0.1) is 11.8 Å². The van der Waals surface area contributed by atoms with E-state index in [1.165, 1.54) is 40.7 Å². The highest BCUT2D eigenvalue weighted by molar-refractivity contribution is 5.91. The highest BCUT2D eigenvalue weighted by Crippen LogP contribution is 2.46. The summed E-state index contributed by atoms with van der Waals surface area (Å²) in [5.74, 6) is 2.28. The van der Waals surface area contributed by atoms with E-state index in [9.17, 15) is 0 Å². The number of aromatic nitrogens is 1. The third-order valence-electron chi connectivity index (χ3n) is 6.49. The summed E-state index contributed by atoms with van der Waals surface area (Å²) in [6.45, 7) is 6.86. The zero-order valence-electron chi connectivity index (χ0n) is 16.3. The van der Waals surface area contributed by atoms with Gasteiger partial charge in [0.1, 0.15) is 5.75 Å². The van der Waals surface area contributed by atoms with Crippen LogP contribution in [0.15, 0.2) is 30.0 Å². The van der Waals surface area contributed by atoms with Crippen molar-refractivity contribution in [2.75, 3.05) is 27.3 Å². The molecule has 2 aliphatic rings. The molecule has 3 unspecified atom stereocenters. The highest BCUT2D eigenvalue weighted by atomic mass is 16.5. The van der Waals surface area contributed by atoms with Gasteiger partial charge < -0.3 is 14.5 Å². The number of aromatic amines is 1. The summed E-state index contributed by atoms with van der Waals surface area (Å²) >= 11 is 0. The zero-order chi connectivity index (χ0) is 18.3. The first kappa shape index (κ1) is 17.5. The lowest BCUT2D eigenvalue weighted by atomic mass is 9.74. The molecule has 0 aliphatic carbocycles. The van der Waals surface area contributed by atoms with Crippen molar-refractivity contribution >= 4 is 10.9 Å². The molecule has 1 N–H and O–H groups in total. The Morgan fingerprint density at radius 2 is 2.19 bits per heavy atom. The molecular weight excluding hydrogens is 324 g/mol. The number of methoxy groups -OCH3 is 2. The lowest BCUT2D eigenvalue weighted by molar-refractivity contribution is 0.0625. The van der Waals surface area contributed by atoms with E-state index in [0.29, 0.717) is 17.9 Å². The highest BCUT2D eigenvalue weighted by Gasteiger charge is 2.40. The van der Waals surface area contributed by atoms with E-state index in [2.05, 4.69) is 41.9 Å². The van der Waals surface area contributed by atoms with Crippen LogP contribution in [0.3, 0.4) is 0 Å². The molecule has 0 bridgehead atoms. The predicted molar refractivity (Wildman–Crippen MR) is 106 cm³/mol. The van der Waals surface area contributed by atoms with E-state index in [1.54, 1.807) is 14.2 Å². The summed E-state index contributed by atoms with van der Waals surface area (Å²) in [5, 5.41) is 1.28. The summed E-state index contributed by atoms with van der Waals surface area (Å²) in [4.78, 5) is 6.43. The van der Waals surface area contributed by atoms with Gasteiger partial charge in [-0.15, -0.1) is 0 Å². The Kier molecular flexibility index (Phi) is 4.70. The van der Waals surface area contributed by atoms with Crippen LogP contribution in [0.5, 0.6) is 5.75 Å². The number of nitrogens with one attached hydrogen (secondary N) is 1. The van der Waals surface area contributed by atoms with Crippen LogP contribution in [0.25, 0.3) is 10.9 Å². The normalized spacial score (nSPS) is 26.5. The van der Waals surface area contributed by atoms with Crippen molar-refractivity contribution < 1.29 is 9.47 Å². The van der Waals surface area contributed by atoms with Crippen molar-refractivity contribution in [1.82, 2.24) is 9.88 Å². The molecule has 3 atom stereocenters. The zero-order valence-corrected chi connectivity index (χ0v) is 16.3. The van der Waals surface area contributed by atoms with Gasteiger partial charge in [-0.3, -0.25) is 4.90 Å². The summed E-state index contributed by atoms with van der Waals surface area (Å²) in [7, 11) is 3.52. The molecular formula is C22H30N2O2. The van der Waals surface area contributed by atoms with Crippen molar-refractivity contribution in [3.8, 4) is 5.75 Å². The van der Waals surface area contributed by atoms with Gasteiger partial charge in [0.25, 0.3) is 0 Å². The largest absolute Gasteiger partial charge is 0.504 e. The predicted octanol–water partition coefficient (Wildman–Crippen LogP) is 4.67. The van der Waals surface area contributed by atoms with Gasteiger partial charge in [0.15, 0.2) is 0 Å². The first-order valence-corrected chi connectivity index (χ1v) is 9.78. The van der Waals surface area contributed by atoms with Gasteiger partial charge in [-0.25, -0.2) is 0 Å². The number of nitrogens with zero attached hydrogens (tertiary/aromatic N) is 1. The molecule has 4 nitrogen and oxygen atoms in total. The van der Waals surface area contributed by atoms with Crippen LogP contribution in [-0.2, 0) is 11.2 Å². The van der Waals surface area contributed by atoms with Gasteiger partial charge in [-0.2, -0.15) is 0 Å². The molecule has 140 valence electrons. The minimum absolute atomic E-state index is 0.462. The fraction of sp³-hybridized carbons (Fsp3) is 0.545. The van der Waals surface area contributed by atoms with Crippen molar-refractivity contribution in [3.63, 3.8) is 0 Å². The van der Waals surface area contributed by atoms with Crippen LogP contribution in [0.4, 0.5) is 0 Å². The average molecular weight is 354 g/mol. The van der Waals surface area contributed by atoms with E-state index in [0.717, 1.165) is 25.1 Å². The number of benzene rings is 1. The molecule has 2 aromatic rings. The molecule has 1 aromatic heterocycles. The summed E-state index contributed by atoms with van der Waals surface area (Å²) in [6.07, 6.45) is 5.42. The van der Waals surface area contributed by atoms with Crippen LogP contribution in [0.1, 0.15) is 44.0 Å². The Hall–Kier alpha value is -1.94. The third-order valence-corrected chi connectivity index (χ3v) is 6.49. The van der Waals surface area contributed by atoms with E-state index < -0.39 is 0 Å². The second-order valence-electron chi connectivity index (χ2n) is 7.77. The molecule has 0 amide bonds. The number of ether oxygens (including phenoxy) is 2. The van der Waals surface area contributed by atoms with Crippen LogP contribution >= 0.6 is 0 Å². The number of H-pyrrole nitrogens is 1. The quantitative estimate of drug-likeness (QED) is 0.811. The maximum Gasteiger partial charge on any atom is 0.128 e.